The molecule has 15 heteroatoms. The van der Waals surface area contributed by atoms with Gasteiger partial charge in [0.2, 0.25) is 6.43 Å². The molecule has 9 nitrogen and oxygen atoms in total. The van der Waals surface area contributed by atoms with Gasteiger partial charge in [0.15, 0.2) is 5.82 Å². The van der Waals surface area contributed by atoms with Crippen molar-refractivity contribution in [3.63, 3.8) is 0 Å². The van der Waals surface area contributed by atoms with Crippen LogP contribution in [0.3, 0.4) is 0 Å². The van der Waals surface area contributed by atoms with Gasteiger partial charge in [-0.1, -0.05) is 30.3 Å². The number of halogens is 6. The smallest absolute Gasteiger partial charge is 0.471 e. The Bertz CT molecular complexity index is 1320. The van der Waals surface area contributed by atoms with E-state index in [0.29, 0.717) is 5.56 Å². The first kappa shape index (κ1) is 33.5. The molecule has 1 atom stereocenters. The van der Waals surface area contributed by atoms with Crippen LogP contribution in [0.25, 0.3) is 0 Å². The van der Waals surface area contributed by atoms with E-state index in [0.717, 1.165) is 11.0 Å². The zero-order valence-corrected chi connectivity index (χ0v) is 23.5. The molecule has 0 radical (unpaired) electrons. The van der Waals surface area contributed by atoms with Crippen LogP contribution in [0.15, 0.2) is 36.4 Å². The summed E-state index contributed by atoms with van der Waals surface area (Å²) in [7, 11) is 0. The molecule has 0 aromatic heterocycles. The van der Waals surface area contributed by atoms with Crippen LogP contribution in [0, 0.1) is 5.82 Å². The number of nitrogens with one attached hydrogen (secondary N) is 1. The van der Waals surface area contributed by atoms with E-state index >= 15 is 4.39 Å². The lowest BCUT2D eigenvalue weighted by molar-refractivity contribution is -0.171. The number of ether oxygens (including phenoxy) is 2. The molecule has 0 unspecified atom stereocenters. The largest absolute Gasteiger partial charge is 0.487 e. The summed E-state index contributed by atoms with van der Waals surface area (Å²) in [5, 5.41) is 12.6. The third-order valence-corrected chi connectivity index (χ3v) is 6.18. The minimum absolute atomic E-state index is 0.136. The van der Waals surface area contributed by atoms with Crippen molar-refractivity contribution in [2.24, 2.45) is 0 Å². The van der Waals surface area contributed by atoms with E-state index in [1.54, 1.807) is 30.3 Å². The molecular weight excluding hydrogens is 588 g/mol. The summed E-state index contributed by atoms with van der Waals surface area (Å²) in [5.41, 5.74) is -2.31. The van der Waals surface area contributed by atoms with Crippen molar-refractivity contribution >= 4 is 29.3 Å². The van der Waals surface area contributed by atoms with E-state index in [2.05, 4.69) is 5.32 Å². The Labute approximate surface area is 243 Å². The fourth-order valence-electron chi connectivity index (χ4n) is 4.48. The number of rotatable bonds is 11. The number of hydrogen-bond donors (Lipinski definition) is 2. The summed E-state index contributed by atoms with van der Waals surface area (Å²) >= 11 is 0. The zero-order valence-electron chi connectivity index (χ0n) is 23.5. The number of alkyl halides is 5. The van der Waals surface area contributed by atoms with Gasteiger partial charge in [0.1, 0.15) is 30.2 Å². The molecule has 1 aliphatic rings. The molecule has 3 rings (SSSR count). The fraction of sp³-hybridized carbons (Fsp3) is 0.464. The van der Waals surface area contributed by atoms with Gasteiger partial charge in [0.05, 0.1) is 11.7 Å². The predicted molar refractivity (Wildman–Crippen MR) is 143 cm³/mol. The van der Waals surface area contributed by atoms with Crippen molar-refractivity contribution in [2.45, 2.75) is 64.5 Å². The maximum Gasteiger partial charge on any atom is 0.471 e. The molecular formula is C28H31F6N3O6. The molecule has 0 saturated carbocycles. The number of anilines is 2. The molecule has 1 aliphatic heterocycles. The Morgan fingerprint density at radius 3 is 2.35 bits per heavy atom. The van der Waals surface area contributed by atoms with Gasteiger partial charge in [-0.3, -0.25) is 19.4 Å². The number of carbonyl (C=O) groups is 3. The monoisotopic (exact) mass is 619 g/mol. The Morgan fingerprint density at radius 2 is 1.79 bits per heavy atom. The highest BCUT2D eigenvalue weighted by Gasteiger charge is 2.47. The van der Waals surface area contributed by atoms with Gasteiger partial charge in [0.25, 0.3) is 0 Å². The van der Waals surface area contributed by atoms with E-state index in [1.165, 1.54) is 20.8 Å². The number of hydrogen-bond acceptors (Lipinski definition) is 6. The van der Waals surface area contributed by atoms with Crippen molar-refractivity contribution in [2.75, 3.05) is 29.4 Å². The fourth-order valence-corrected chi connectivity index (χ4v) is 4.48. The standard InChI is InChI=1S/C28H31F6N3O6/c1-27(2,3)43-22(38)14-36(25(39)28(32,33)34)24-20(42-15-16-7-5-4-6-8-16)12-19-18(23(24)31)11-17(37(19)26(40)41)13-35-10-9-21(29)30/h4-8,12,17,21,35H,9-11,13-15H2,1-3H3,(H,40,41)/t17-/m1/s1. The lowest BCUT2D eigenvalue weighted by Gasteiger charge is -2.28. The normalized spacial score (nSPS) is 14.9. The molecule has 2 amide bonds. The zero-order chi connectivity index (χ0) is 32.1. The topological polar surface area (TPSA) is 108 Å². The summed E-state index contributed by atoms with van der Waals surface area (Å²) in [6.07, 6.45) is -10.6. The first-order chi connectivity index (χ1) is 20.0. The molecule has 0 bridgehead atoms. The van der Waals surface area contributed by atoms with E-state index in [1.807, 2.05) is 0 Å². The molecule has 236 valence electrons. The highest BCUT2D eigenvalue weighted by molar-refractivity contribution is 6.03. The average molecular weight is 620 g/mol. The number of carbonyl (C=O) groups excluding carboxylic acids is 2. The van der Waals surface area contributed by atoms with Gasteiger partial charge >= 0.3 is 24.1 Å². The summed E-state index contributed by atoms with van der Waals surface area (Å²) < 4.78 is 93.5. The molecule has 1 heterocycles. The molecule has 2 aromatic rings. The van der Waals surface area contributed by atoms with E-state index in [-0.39, 0.29) is 42.3 Å². The summed E-state index contributed by atoms with van der Waals surface area (Å²) in [6.45, 7) is 2.31. The van der Waals surface area contributed by atoms with Crippen molar-refractivity contribution in [1.82, 2.24) is 5.32 Å². The molecule has 2 N–H and O–H groups in total. The quantitative estimate of drug-likeness (QED) is 0.200. The molecule has 0 spiro atoms. The number of benzene rings is 2. The van der Waals surface area contributed by atoms with Crippen LogP contribution in [0.4, 0.5) is 42.5 Å². The molecule has 0 aliphatic carbocycles. The van der Waals surface area contributed by atoms with Crippen LogP contribution in [0.1, 0.15) is 38.3 Å². The summed E-state index contributed by atoms with van der Waals surface area (Å²) in [5.74, 6) is -5.91. The van der Waals surface area contributed by atoms with Crippen LogP contribution in [0.5, 0.6) is 5.75 Å². The van der Waals surface area contributed by atoms with E-state index in [4.69, 9.17) is 9.47 Å². The third kappa shape index (κ3) is 8.75. The number of esters is 1. The maximum absolute atomic E-state index is 16.3. The van der Waals surface area contributed by atoms with Crippen molar-refractivity contribution in [3.8, 4) is 5.75 Å². The second-order valence-corrected chi connectivity index (χ2v) is 10.7. The first-order valence-corrected chi connectivity index (χ1v) is 13.1. The van der Waals surface area contributed by atoms with Crippen LogP contribution < -0.4 is 19.9 Å². The van der Waals surface area contributed by atoms with Crippen LogP contribution in [-0.2, 0) is 27.4 Å². The van der Waals surface area contributed by atoms with Gasteiger partial charge in [-0.25, -0.2) is 18.0 Å². The van der Waals surface area contributed by atoms with Crippen molar-refractivity contribution in [3.05, 3.63) is 53.3 Å². The summed E-state index contributed by atoms with van der Waals surface area (Å²) in [6, 6.07) is 8.13. The third-order valence-electron chi connectivity index (χ3n) is 6.18. The second-order valence-electron chi connectivity index (χ2n) is 10.7. The van der Waals surface area contributed by atoms with Crippen molar-refractivity contribution in [1.29, 1.82) is 0 Å². The van der Waals surface area contributed by atoms with Crippen LogP contribution >= 0.6 is 0 Å². The SMILES string of the molecule is CC(C)(C)OC(=O)CN(C(=O)C(F)(F)F)c1c(OCc2ccccc2)cc2c(c1F)C[C@H](CNCCC(F)F)N2C(=O)O. The van der Waals surface area contributed by atoms with Gasteiger partial charge in [-0.05, 0) is 32.8 Å². The van der Waals surface area contributed by atoms with Gasteiger partial charge in [-0.2, -0.15) is 13.2 Å². The lowest BCUT2D eigenvalue weighted by atomic mass is 10.1. The highest BCUT2D eigenvalue weighted by Crippen LogP contribution is 2.45. The lowest BCUT2D eigenvalue weighted by Crippen LogP contribution is -2.46. The van der Waals surface area contributed by atoms with Crippen molar-refractivity contribution < 1.29 is 55.3 Å². The summed E-state index contributed by atoms with van der Waals surface area (Å²) in [4.78, 5) is 38.0. The predicted octanol–water partition coefficient (Wildman–Crippen LogP) is 5.30. The number of carboxylic acid groups (broad SMARTS) is 1. The number of nitrogens with zero attached hydrogens (tertiary/aromatic N) is 2. The first-order valence-electron chi connectivity index (χ1n) is 13.1. The Hall–Kier alpha value is -4.01. The molecule has 2 aromatic carbocycles. The average Bonchev–Trinajstić information content (AvgIpc) is 3.26. The molecule has 43 heavy (non-hydrogen) atoms. The van der Waals surface area contributed by atoms with Crippen LogP contribution in [-0.4, -0.2) is 67.0 Å². The number of amides is 2. The Kier molecular flexibility index (Phi) is 10.5. The second kappa shape index (κ2) is 13.5. The maximum atomic E-state index is 16.3. The minimum Gasteiger partial charge on any atom is -0.487 e. The number of fused-ring (bicyclic) bond motifs is 1. The molecule has 0 saturated heterocycles. The van der Waals surface area contributed by atoms with Crippen LogP contribution in [0.2, 0.25) is 0 Å². The molecule has 0 fully saturated rings. The van der Waals surface area contributed by atoms with E-state index < -0.39 is 72.4 Å². The Balaban J connectivity index is 2.13. The van der Waals surface area contributed by atoms with E-state index in [9.17, 15) is 41.4 Å². The van der Waals surface area contributed by atoms with Gasteiger partial charge in [-0.15, -0.1) is 0 Å². The Morgan fingerprint density at radius 1 is 1.14 bits per heavy atom. The van der Waals surface area contributed by atoms with Gasteiger partial charge in [0, 0.05) is 31.1 Å². The van der Waals surface area contributed by atoms with Gasteiger partial charge < -0.3 is 19.9 Å². The highest BCUT2D eigenvalue weighted by atomic mass is 19.4. The minimum atomic E-state index is -5.55.